The number of amides is 2. The summed E-state index contributed by atoms with van der Waals surface area (Å²) in [7, 11) is 0. The van der Waals surface area contributed by atoms with Crippen LogP contribution in [0.15, 0.2) is 39.4 Å². The van der Waals surface area contributed by atoms with Gasteiger partial charge in [-0.1, -0.05) is 0 Å². The van der Waals surface area contributed by atoms with Crippen molar-refractivity contribution in [3.05, 3.63) is 47.8 Å². The van der Waals surface area contributed by atoms with Gasteiger partial charge in [0.05, 0.1) is 12.3 Å². The fourth-order valence-electron chi connectivity index (χ4n) is 1.84. The minimum absolute atomic E-state index is 0.171. The third kappa shape index (κ3) is 3.75. The number of rotatable bonds is 5. The second-order valence-electron chi connectivity index (χ2n) is 4.85. The molecule has 0 aliphatic carbocycles. The Morgan fingerprint density at radius 1 is 1.14 bits per heavy atom. The summed E-state index contributed by atoms with van der Waals surface area (Å²) in [5, 5.41) is 5.35. The van der Waals surface area contributed by atoms with Crippen molar-refractivity contribution in [2.24, 2.45) is 0 Å². The van der Waals surface area contributed by atoms with E-state index in [2.05, 4.69) is 10.6 Å². The number of hydrogen-bond donors (Lipinski definition) is 2. The fourth-order valence-corrected chi connectivity index (χ4v) is 1.84. The van der Waals surface area contributed by atoms with Gasteiger partial charge in [0.2, 0.25) is 5.91 Å². The Hall–Kier alpha value is -2.50. The molecule has 2 heterocycles. The quantitative estimate of drug-likeness (QED) is 0.884. The molecule has 21 heavy (non-hydrogen) atoms. The molecule has 0 aliphatic rings. The zero-order chi connectivity index (χ0) is 15.4. The Kier molecular flexibility index (Phi) is 4.47. The molecule has 0 saturated heterocycles. The van der Waals surface area contributed by atoms with Gasteiger partial charge in [0.1, 0.15) is 17.6 Å². The summed E-state index contributed by atoms with van der Waals surface area (Å²) in [4.78, 5) is 23.8. The number of nitrogens with one attached hydrogen (secondary N) is 2. The van der Waals surface area contributed by atoms with Crippen LogP contribution in [0.4, 0.5) is 0 Å². The Bertz CT molecular complexity index is 615. The van der Waals surface area contributed by atoms with E-state index in [1.54, 1.807) is 13.0 Å². The summed E-state index contributed by atoms with van der Waals surface area (Å²) < 4.78 is 10.4. The number of hydrogen-bond acceptors (Lipinski definition) is 4. The maximum absolute atomic E-state index is 12.0. The molecule has 0 fully saturated rings. The summed E-state index contributed by atoms with van der Waals surface area (Å²) in [5.41, 5.74) is 0. The van der Waals surface area contributed by atoms with E-state index in [9.17, 15) is 9.59 Å². The third-order valence-corrected chi connectivity index (χ3v) is 3.03. The molecule has 0 aromatic carbocycles. The van der Waals surface area contributed by atoms with Crippen LogP contribution in [0.2, 0.25) is 0 Å². The van der Waals surface area contributed by atoms with E-state index in [0.717, 1.165) is 5.76 Å². The lowest BCUT2D eigenvalue weighted by molar-refractivity contribution is -0.123. The highest BCUT2D eigenvalue weighted by atomic mass is 16.3. The van der Waals surface area contributed by atoms with E-state index in [0.29, 0.717) is 5.76 Å². The van der Waals surface area contributed by atoms with Crippen molar-refractivity contribution in [1.82, 2.24) is 10.6 Å². The van der Waals surface area contributed by atoms with Crippen LogP contribution in [0, 0.1) is 6.92 Å². The van der Waals surface area contributed by atoms with Crippen LogP contribution in [0.25, 0.3) is 0 Å². The first-order valence-corrected chi connectivity index (χ1v) is 6.68. The Labute approximate surface area is 122 Å². The van der Waals surface area contributed by atoms with Crippen molar-refractivity contribution in [1.29, 1.82) is 0 Å². The molecule has 2 aromatic rings. The Morgan fingerprint density at radius 2 is 1.90 bits per heavy atom. The Balaban J connectivity index is 1.89. The van der Waals surface area contributed by atoms with E-state index in [4.69, 9.17) is 8.83 Å². The highest BCUT2D eigenvalue weighted by molar-refractivity contribution is 5.95. The van der Waals surface area contributed by atoms with Crippen LogP contribution in [-0.2, 0) is 4.79 Å². The monoisotopic (exact) mass is 290 g/mol. The molecule has 2 unspecified atom stereocenters. The molecular formula is C15H18N2O4. The van der Waals surface area contributed by atoms with Gasteiger partial charge >= 0.3 is 0 Å². The second kappa shape index (κ2) is 6.30. The van der Waals surface area contributed by atoms with Crippen molar-refractivity contribution in [2.75, 3.05) is 0 Å². The predicted octanol–water partition coefficient (Wildman–Crippen LogP) is 2.18. The molecule has 0 bridgehead atoms. The smallest absolute Gasteiger partial charge is 0.287 e. The van der Waals surface area contributed by atoms with Gasteiger partial charge in [0, 0.05) is 0 Å². The zero-order valence-electron chi connectivity index (χ0n) is 12.2. The summed E-state index contributed by atoms with van der Waals surface area (Å²) in [5.74, 6) is 0.903. The molecule has 0 saturated carbocycles. The van der Waals surface area contributed by atoms with Crippen LogP contribution in [0.5, 0.6) is 0 Å². The molecule has 2 rings (SSSR count). The fraction of sp³-hybridized carbons (Fsp3) is 0.333. The van der Waals surface area contributed by atoms with Gasteiger partial charge in [-0.3, -0.25) is 9.59 Å². The maximum atomic E-state index is 12.0. The minimum atomic E-state index is -0.680. The second-order valence-corrected chi connectivity index (χ2v) is 4.85. The van der Waals surface area contributed by atoms with E-state index in [-0.39, 0.29) is 17.7 Å². The molecular weight excluding hydrogens is 272 g/mol. The average Bonchev–Trinajstić information content (AvgIpc) is 3.09. The standard InChI is InChI=1S/C15H18N2O4/c1-9-6-7-12(21-9)10(2)16-14(18)11(3)17-15(19)13-5-4-8-20-13/h4-8,10-11H,1-3H3,(H,16,18)(H,17,19). The van der Waals surface area contributed by atoms with Gasteiger partial charge in [-0.15, -0.1) is 0 Å². The molecule has 2 aromatic heterocycles. The normalized spacial score (nSPS) is 13.5. The lowest BCUT2D eigenvalue weighted by atomic mass is 10.2. The summed E-state index contributed by atoms with van der Waals surface area (Å²) in [6.07, 6.45) is 1.40. The average molecular weight is 290 g/mol. The molecule has 0 radical (unpaired) electrons. The van der Waals surface area contributed by atoms with E-state index >= 15 is 0 Å². The van der Waals surface area contributed by atoms with Gasteiger partial charge in [-0.2, -0.15) is 0 Å². The lowest BCUT2D eigenvalue weighted by Gasteiger charge is -2.16. The SMILES string of the molecule is Cc1ccc(C(C)NC(=O)C(C)NC(=O)c2ccco2)o1. The van der Waals surface area contributed by atoms with Crippen molar-refractivity contribution < 1.29 is 18.4 Å². The highest BCUT2D eigenvalue weighted by Crippen LogP contribution is 2.15. The first-order chi connectivity index (χ1) is 9.97. The van der Waals surface area contributed by atoms with E-state index in [1.165, 1.54) is 12.3 Å². The van der Waals surface area contributed by atoms with Gasteiger partial charge in [0.25, 0.3) is 5.91 Å². The number of aryl methyl sites for hydroxylation is 1. The van der Waals surface area contributed by atoms with E-state index < -0.39 is 11.9 Å². The first-order valence-electron chi connectivity index (χ1n) is 6.68. The molecule has 2 amide bonds. The maximum Gasteiger partial charge on any atom is 0.287 e. The van der Waals surface area contributed by atoms with Crippen LogP contribution >= 0.6 is 0 Å². The molecule has 0 spiro atoms. The van der Waals surface area contributed by atoms with Crippen LogP contribution < -0.4 is 10.6 Å². The predicted molar refractivity (Wildman–Crippen MR) is 75.6 cm³/mol. The molecule has 2 N–H and O–H groups in total. The van der Waals surface area contributed by atoms with Gasteiger partial charge in [-0.05, 0) is 45.0 Å². The van der Waals surface area contributed by atoms with E-state index in [1.807, 2.05) is 26.0 Å². The van der Waals surface area contributed by atoms with Crippen LogP contribution in [0.1, 0.15) is 42.0 Å². The molecule has 6 heteroatoms. The Morgan fingerprint density at radius 3 is 2.48 bits per heavy atom. The van der Waals surface area contributed by atoms with Gasteiger partial charge in [-0.25, -0.2) is 0 Å². The van der Waals surface area contributed by atoms with Crippen molar-refractivity contribution >= 4 is 11.8 Å². The number of carbonyl (C=O) groups is 2. The van der Waals surface area contributed by atoms with Gasteiger partial charge < -0.3 is 19.5 Å². The summed E-state index contributed by atoms with van der Waals surface area (Å²) in [6.45, 7) is 5.26. The minimum Gasteiger partial charge on any atom is -0.464 e. The molecule has 6 nitrogen and oxygen atoms in total. The highest BCUT2D eigenvalue weighted by Gasteiger charge is 2.20. The van der Waals surface area contributed by atoms with Crippen LogP contribution in [0.3, 0.4) is 0 Å². The van der Waals surface area contributed by atoms with Crippen molar-refractivity contribution in [3.63, 3.8) is 0 Å². The number of carbonyl (C=O) groups excluding carboxylic acids is 2. The van der Waals surface area contributed by atoms with Crippen LogP contribution in [-0.4, -0.2) is 17.9 Å². The zero-order valence-corrected chi connectivity index (χ0v) is 12.2. The molecule has 112 valence electrons. The largest absolute Gasteiger partial charge is 0.464 e. The summed E-state index contributed by atoms with van der Waals surface area (Å²) >= 11 is 0. The topological polar surface area (TPSA) is 84.5 Å². The molecule has 0 aliphatic heterocycles. The van der Waals surface area contributed by atoms with Crippen molar-refractivity contribution in [2.45, 2.75) is 32.9 Å². The number of furan rings is 2. The van der Waals surface area contributed by atoms with Gasteiger partial charge in [0.15, 0.2) is 5.76 Å². The summed E-state index contributed by atoms with van der Waals surface area (Å²) in [6, 6.07) is 5.84. The van der Waals surface area contributed by atoms with Crippen molar-refractivity contribution in [3.8, 4) is 0 Å². The first kappa shape index (κ1) is 14.9. The molecule has 2 atom stereocenters. The lowest BCUT2D eigenvalue weighted by Crippen LogP contribution is -2.45. The third-order valence-electron chi connectivity index (χ3n) is 3.03.